The zero-order valence-electron chi connectivity index (χ0n) is 11.4. The first-order valence-corrected chi connectivity index (χ1v) is 6.75. The number of benzene rings is 1. The van der Waals surface area contributed by atoms with Gasteiger partial charge in [-0.3, -0.25) is 4.79 Å². The van der Waals surface area contributed by atoms with Crippen LogP contribution in [0.15, 0.2) is 36.4 Å². The van der Waals surface area contributed by atoms with Crippen molar-refractivity contribution in [1.29, 1.82) is 0 Å². The zero-order valence-corrected chi connectivity index (χ0v) is 11.4. The summed E-state index contributed by atoms with van der Waals surface area (Å²) in [7, 11) is 0. The fourth-order valence-electron chi connectivity index (χ4n) is 2.22. The van der Waals surface area contributed by atoms with E-state index in [0.717, 1.165) is 0 Å². The Labute approximate surface area is 121 Å². The van der Waals surface area contributed by atoms with E-state index < -0.39 is 11.9 Å². The highest BCUT2D eigenvalue weighted by atomic mass is 19.1. The highest BCUT2D eigenvalue weighted by Gasteiger charge is 2.25. The van der Waals surface area contributed by atoms with Gasteiger partial charge in [0, 0.05) is 6.54 Å². The summed E-state index contributed by atoms with van der Waals surface area (Å²) in [6.07, 6.45) is 4.01. The summed E-state index contributed by atoms with van der Waals surface area (Å²) >= 11 is 0. The first-order chi connectivity index (χ1) is 10.1. The maximum atomic E-state index is 13.4. The number of hydrogen-bond acceptors (Lipinski definition) is 2. The highest BCUT2D eigenvalue weighted by Crippen LogP contribution is 2.17. The Kier molecular flexibility index (Phi) is 4.92. The molecule has 1 aliphatic rings. The van der Waals surface area contributed by atoms with Crippen molar-refractivity contribution >= 4 is 12.0 Å². The van der Waals surface area contributed by atoms with Gasteiger partial charge in [0.2, 0.25) is 0 Å². The zero-order chi connectivity index (χ0) is 15.2. The van der Waals surface area contributed by atoms with Crippen molar-refractivity contribution in [2.24, 2.45) is 5.92 Å². The molecular formula is C15H17FN2O3. The highest BCUT2D eigenvalue weighted by molar-refractivity contribution is 5.76. The molecule has 2 amide bonds. The molecule has 1 aliphatic carbocycles. The molecule has 0 radical (unpaired) electrons. The molecule has 1 aromatic rings. The summed E-state index contributed by atoms with van der Waals surface area (Å²) in [6, 6.07) is 5.75. The van der Waals surface area contributed by atoms with Gasteiger partial charge in [-0.25, -0.2) is 9.18 Å². The first kappa shape index (κ1) is 15.0. The Morgan fingerprint density at radius 3 is 2.71 bits per heavy atom. The molecule has 0 heterocycles. The first-order valence-electron chi connectivity index (χ1n) is 6.75. The van der Waals surface area contributed by atoms with Crippen LogP contribution in [-0.2, 0) is 11.2 Å². The lowest BCUT2D eigenvalue weighted by molar-refractivity contribution is -0.140. The van der Waals surface area contributed by atoms with E-state index >= 15 is 0 Å². The lowest BCUT2D eigenvalue weighted by Crippen LogP contribution is -2.41. The van der Waals surface area contributed by atoms with Crippen LogP contribution in [0.3, 0.4) is 0 Å². The molecule has 0 spiro atoms. The van der Waals surface area contributed by atoms with Gasteiger partial charge >= 0.3 is 12.0 Å². The third-order valence-electron chi connectivity index (χ3n) is 3.36. The van der Waals surface area contributed by atoms with Crippen LogP contribution in [0.2, 0.25) is 0 Å². The van der Waals surface area contributed by atoms with E-state index in [1.165, 1.54) is 6.07 Å². The van der Waals surface area contributed by atoms with Crippen molar-refractivity contribution in [3.05, 3.63) is 47.8 Å². The average molecular weight is 292 g/mol. The third-order valence-corrected chi connectivity index (χ3v) is 3.36. The van der Waals surface area contributed by atoms with E-state index in [9.17, 15) is 14.0 Å². The maximum Gasteiger partial charge on any atom is 0.315 e. The van der Waals surface area contributed by atoms with Crippen molar-refractivity contribution in [2.45, 2.75) is 18.9 Å². The third kappa shape index (κ3) is 4.30. The van der Waals surface area contributed by atoms with Gasteiger partial charge in [-0.1, -0.05) is 30.4 Å². The SMILES string of the molecule is O=C(NCCc1ccccc1F)NC1C=CC(C(=O)O)C1. The van der Waals surface area contributed by atoms with Crippen LogP contribution in [0.4, 0.5) is 9.18 Å². The van der Waals surface area contributed by atoms with Gasteiger partial charge in [-0.05, 0) is 24.5 Å². The monoisotopic (exact) mass is 292 g/mol. The second-order valence-corrected chi connectivity index (χ2v) is 4.91. The molecule has 0 aliphatic heterocycles. The molecule has 3 N–H and O–H groups in total. The summed E-state index contributed by atoms with van der Waals surface area (Å²) in [5.74, 6) is -1.73. The van der Waals surface area contributed by atoms with Crippen LogP contribution in [0.25, 0.3) is 0 Å². The molecule has 0 fully saturated rings. The molecule has 1 aromatic carbocycles. The predicted octanol–water partition coefficient (Wildman–Crippen LogP) is 1.70. The number of hydrogen-bond donors (Lipinski definition) is 3. The number of carboxylic acid groups (broad SMARTS) is 1. The smallest absolute Gasteiger partial charge is 0.315 e. The molecule has 5 nitrogen and oxygen atoms in total. The van der Waals surface area contributed by atoms with E-state index in [4.69, 9.17) is 5.11 Å². The summed E-state index contributed by atoms with van der Waals surface area (Å²) in [5.41, 5.74) is 0.546. The number of carbonyl (C=O) groups excluding carboxylic acids is 1. The standard InChI is InChI=1S/C15H17FN2O3/c16-13-4-2-1-3-10(13)7-8-17-15(21)18-12-6-5-11(9-12)14(19)20/h1-6,11-12H,7-9H2,(H,19,20)(H2,17,18,21). The second-order valence-electron chi connectivity index (χ2n) is 4.91. The molecule has 0 saturated carbocycles. The number of nitrogens with one attached hydrogen (secondary N) is 2. The maximum absolute atomic E-state index is 13.4. The lowest BCUT2D eigenvalue weighted by atomic mass is 10.1. The minimum atomic E-state index is -0.893. The fourth-order valence-corrected chi connectivity index (χ4v) is 2.22. The van der Waals surface area contributed by atoms with Gasteiger partial charge in [-0.2, -0.15) is 0 Å². The van der Waals surface area contributed by atoms with Crippen LogP contribution in [-0.4, -0.2) is 29.7 Å². The van der Waals surface area contributed by atoms with Crippen molar-refractivity contribution in [2.75, 3.05) is 6.54 Å². The predicted molar refractivity (Wildman–Crippen MR) is 75.3 cm³/mol. The van der Waals surface area contributed by atoms with Gasteiger partial charge in [0.05, 0.1) is 12.0 Å². The van der Waals surface area contributed by atoms with Crippen LogP contribution in [0.1, 0.15) is 12.0 Å². The summed E-state index contributed by atoms with van der Waals surface area (Å²) in [5, 5.41) is 14.1. The van der Waals surface area contributed by atoms with Gasteiger partial charge in [0.15, 0.2) is 0 Å². The molecule has 2 unspecified atom stereocenters. The molecule has 0 saturated heterocycles. The minimum Gasteiger partial charge on any atom is -0.481 e. The van der Waals surface area contributed by atoms with Crippen molar-refractivity contribution in [1.82, 2.24) is 10.6 Å². The average Bonchev–Trinajstić information content (AvgIpc) is 2.89. The quantitative estimate of drug-likeness (QED) is 0.723. The van der Waals surface area contributed by atoms with Crippen LogP contribution in [0, 0.1) is 11.7 Å². The number of carboxylic acids is 1. The van der Waals surface area contributed by atoms with Gasteiger partial charge in [0.1, 0.15) is 5.82 Å². The van der Waals surface area contributed by atoms with Crippen molar-refractivity contribution in [3.8, 4) is 0 Å². The Hall–Kier alpha value is -2.37. The Morgan fingerprint density at radius 2 is 2.05 bits per heavy atom. The molecule has 0 bridgehead atoms. The van der Waals surface area contributed by atoms with Gasteiger partial charge in [0.25, 0.3) is 0 Å². The van der Waals surface area contributed by atoms with Crippen molar-refractivity contribution < 1.29 is 19.1 Å². The van der Waals surface area contributed by atoms with E-state index in [1.807, 2.05) is 0 Å². The van der Waals surface area contributed by atoms with E-state index in [0.29, 0.717) is 24.9 Å². The Balaban J connectivity index is 1.70. The fraction of sp³-hybridized carbons (Fsp3) is 0.333. The molecule has 21 heavy (non-hydrogen) atoms. The number of halogens is 1. The number of amides is 2. The van der Waals surface area contributed by atoms with Gasteiger partial charge < -0.3 is 15.7 Å². The van der Waals surface area contributed by atoms with Crippen LogP contribution in [0.5, 0.6) is 0 Å². The summed E-state index contributed by atoms with van der Waals surface area (Å²) < 4.78 is 13.4. The molecule has 2 atom stereocenters. The van der Waals surface area contributed by atoms with Crippen LogP contribution < -0.4 is 10.6 Å². The number of aliphatic carboxylic acids is 1. The summed E-state index contributed by atoms with van der Waals surface area (Å²) in [4.78, 5) is 22.4. The topological polar surface area (TPSA) is 78.4 Å². The summed E-state index contributed by atoms with van der Waals surface area (Å²) in [6.45, 7) is 0.311. The molecular weight excluding hydrogens is 275 g/mol. The van der Waals surface area contributed by atoms with E-state index in [1.54, 1.807) is 30.4 Å². The molecule has 2 rings (SSSR count). The Bertz CT molecular complexity index is 560. The van der Waals surface area contributed by atoms with E-state index in [-0.39, 0.29) is 17.9 Å². The molecule has 112 valence electrons. The number of carbonyl (C=O) groups is 2. The molecule has 0 aromatic heterocycles. The van der Waals surface area contributed by atoms with Crippen LogP contribution >= 0.6 is 0 Å². The minimum absolute atomic E-state index is 0.278. The lowest BCUT2D eigenvalue weighted by Gasteiger charge is -2.13. The van der Waals surface area contributed by atoms with Gasteiger partial charge in [-0.15, -0.1) is 0 Å². The normalized spacial score (nSPS) is 20.2. The Morgan fingerprint density at radius 1 is 1.29 bits per heavy atom. The number of rotatable bonds is 5. The van der Waals surface area contributed by atoms with E-state index in [2.05, 4.69) is 10.6 Å². The number of urea groups is 1. The largest absolute Gasteiger partial charge is 0.481 e. The second kappa shape index (κ2) is 6.88. The molecule has 6 heteroatoms. The van der Waals surface area contributed by atoms with Crippen molar-refractivity contribution in [3.63, 3.8) is 0 Å².